The summed E-state index contributed by atoms with van der Waals surface area (Å²) in [4.78, 5) is 12.3. The zero-order valence-electron chi connectivity index (χ0n) is 14.3. The maximum Gasteiger partial charge on any atom is 0.319 e. The largest absolute Gasteiger partial charge is 0.334 e. The molecule has 2 N–H and O–H groups in total. The summed E-state index contributed by atoms with van der Waals surface area (Å²) >= 11 is 1.95. The molecule has 1 aliphatic carbocycles. The third-order valence-corrected chi connectivity index (χ3v) is 5.53. The van der Waals surface area contributed by atoms with Crippen LogP contribution in [0.3, 0.4) is 0 Å². The van der Waals surface area contributed by atoms with Gasteiger partial charge in [0.05, 0.1) is 17.1 Å². The highest BCUT2D eigenvalue weighted by atomic mass is 32.2. The van der Waals surface area contributed by atoms with Gasteiger partial charge in [0.15, 0.2) is 0 Å². The Bertz CT molecular complexity index is 526. The molecular formula is C16H28N4OS. The summed E-state index contributed by atoms with van der Waals surface area (Å²) in [6, 6.07) is 0.464. The van der Waals surface area contributed by atoms with Crippen LogP contribution in [0.5, 0.6) is 0 Å². The number of aromatic nitrogens is 2. The minimum absolute atomic E-state index is 0.108. The predicted octanol–water partition coefficient (Wildman–Crippen LogP) is 3.88. The molecule has 1 aliphatic rings. The van der Waals surface area contributed by atoms with Crippen molar-refractivity contribution >= 4 is 23.5 Å². The predicted molar refractivity (Wildman–Crippen MR) is 93.8 cm³/mol. The van der Waals surface area contributed by atoms with E-state index in [2.05, 4.69) is 36.5 Å². The number of aryl methyl sites for hydroxylation is 1. The van der Waals surface area contributed by atoms with Gasteiger partial charge in [-0.15, -0.1) is 0 Å². The van der Waals surface area contributed by atoms with Crippen LogP contribution in [0.15, 0.2) is 0 Å². The SMILES string of the molecule is CCS[C@@H]1CCC[C@@H]1NC(=O)Nc1c(C)nn(C(C)C)c1C. The Morgan fingerprint density at radius 1 is 1.41 bits per heavy atom. The van der Waals surface area contributed by atoms with E-state index < -0.39 is 0 Å². The summed E-state index contributed by atoms with van der Waals surface area (Å²) in [6.45, 7) is 10.3. The summed E-state index contributed by atoms with van der Waals surface area (Å²) in [5.74, 6) is 1.10. The average molecular weight is 324 g/mol. The molecule has 0 saturated heterocycles. The number of nitrogens with one attached hydrogen (secondary N) is 2. The van der Waals surface area contributed by atoms with Crippen molar-refractivity contribution in [3.05, 3.63) is 11.4 Å². The van der Waals surface area contributed by atoms with Crippen LogP contribution in [-0.4, -0.2) is 32.9 Å². The second kappa shape index (κ2) is 7.40. The first-order valence-electron chi connectivity index (χ1n) is 8.18. The minimum Gasteiger partial charge on any atom is -0.334 e. The molecule has 5 nitrogen and oxygen atoms in total. The summed E-state index contributed by atoms with van der Waals surface area (Å²) in [5, 5.41) is 11.2. The van der Waals surface area contributed by atoms with Crippen LogP contribution in [0.1, 0.15) is 57.5 Å². The molecule has 1 fully saturated rings. The van der Waals surface area contributed by atoms with Gasteiger partial charge in [-0.05, 0) is 46.3 Å². The second-order valence-electron chi connectivity index (χ2n) is 6.21. The first-order chi connectivity index (χ1) is 10.4. The fraction of sp³-hybridized carbons (Fsp3) is 0.750. The van der Waals surface area contributed by atoms with E-state index >= 15 is 0 Å². The van der Waals surface area contributed by atoms with Crippen LogP contribution in [0.4, 0.5) is 10.5 Å². The molecule has 0 unspecified atom stereocenters. The van der Waals surface area contributed by atoms with Crippen molar-refractivity contribution in [2.75, 3.05) is 11.1 Å². The number of thioether (sulfide) groups is 1. The Labute approximate surface area is 137 Å². The van der Waals surface area contributed by atoms with Crippen LogP contribution in [-0.2, 0) is 0 Å². The van der Waals surface area contributed by atoms with Crippen LogP contribution in [0, 0.1) is 13.8 Å². The van der Waals surface area contributed by atoms with Crippen molar-refractivity contribution in [2.24, 2.45) is 0 Å². The number of carbonyl (C=O) groups excluding carboxylic acids is 1. The van der Waals surface area contributed by atoms with E-state index in [0.717, 1.165) is 29.2 Å². The third kappa shape index (κ3) is 3.77. The van der Waals surface area contributed by atoms with Gasteiger partial charge in [0.2, 0.25) is 0 Å². The molecule has 2 atom stereocenters. The maximum atomic E-state index is 12.3. The van der Waals surface area contributed by atoms with Gasteiger partial charge in [-0.3, -0.25) is 4.68 Å². The van der Waals surface area contributed by atoms with Crippen molar-refractivity contribution in [2.45, 2.75) is 71.2 Å². The fourth-order valence-corrected chi connectivity index (χ4v) is 4.37. The summed E-state index contributed by atoms with van der Waals surface area (Å²) < 4.78 is 1.95. The lowest BCUT2D eigenvalue weighted by molar-refractivity contribution is 0.249. The van der Waals surface area contributed by atoms with Gasteiger partial charge >= 0.3 is 6.03 Å². The molecule has 1 aromatic rings. The standard InChI is InChI=1S/C16H28N4OS/c1-6-22-14-9-7-8-13(14)17-16(21)18-15-11(4)19-20(10(2)3)12(15)5/h10,13-14H,6-9H2,1-5H3,(H2,17,18,21)/t13-,14+/m0/s1. The quantitative estimate of drug-likeness (QED) is 0.864. The highest BCUT2D eigenvalue weighted by Gasteiger charge is 2.28. The van der Waals surface area contributed by atoms with E-state index in [-0.39, 0.29) is 18.1 Å². The van der Waals surface area contributed by atoms with Crippen molar-refractivity contribution in [1.29, 1.82) is 0 Å². The van der Waals surface area contributed by atoms with Crippen LogP contribution in [0.25, 0.3) is 0 Å². The van der Waals surface area contributed by atoms with Crippen LogP contribution in [0.2, 0.25) is 0 Å². The number of nitrogens with zero attached hydrogens (tertiary/aromatic N) is 2. The van der Waals surface area contributed by atoms with E-state index in [1.807, 2.05) is 30.3 Å². The Balaban J connectivity index is 2.00. The molecular weight excluding hydrogens is 296 g/mol. The van der Waals surface area contributed by atoms with Crippen molar-refractivity contribution in [1.82, 2.24) is 15.1 Å². The van der Waals surface area contributed by atoms with Gasteiger partial charge in [-0.1, -0.05) is 13.3 Å². The van der Waals surface area contributed by atoms with E-state index in [0.29, 0.717) is 5.25 Å². The number of urea groups is 1. The molecule has 0 radical (unpaired) electrons. The molecule has 0 spiro atoms. The lowest BCUT2D eigenvalue weighted by Crippen LogP contribution is -2.41. The van der Waals surface area contributed by atoms with Gasteiger partial charge in [0.1, 0.15) is 0 Å². The molecule has 0 bridgehead atoms. The minimum atomic E-state index is -0.108. The number of amides is 2. The number of anilines is 1. The van der Waals surface area contributed by atoms with Crippen LogP contribution < -0.4 is 10.6 Å². The summed E-state index contributed by atoms with van der Waals surface area (Å²) in [5.41, 5.74) is 2.71. The zero-order chi connectivity index (χ0) is 16.3. The second-order valence-corrected chi connectivity index (χ2v) is 7.73. The molecule has 2 amide bonds. The molecule has 1 heterocycles. The molecule has 1 saturated carbocycles. The molecule has 1 aromatic heterocycles. The summed E-state index contributed by atoms with van der Waals surface area (Å²) in [7, 11) is 0. The average Bonchev–Trinajstić information content (AvgIpc) is 2.99. The highest BCUT2D eigenvalue weighted by molar-refractivity contribution is 7.99. The maximum absolute atomic E-state index is 12.3. The lowest BCUT2D eigenvalue weighted by Gasteiger charge is -2.20. The molecule has 0 aliphatic heterocycles. The van der Waals surface area contributed by atoms with E-state index in [9.17, 15) is 4.79 Å². The molecule has 124 valence electrons. The van der Waals surface area contributed by atoms with Gasteiger partial charge in [0.25, 0.3) is 0 Å². The lowest BCUT2D eigenvalue weighted by atomic mass is 10.2. The van der Waals surface area contributed by atoms with Crippen molar-refractivity contribution in [3.63, 3.8) is 0 Å². The van der Waals surface area contributed by atoms with Gasteiger partial charge in [0, 0.05) is 17.3 Å². The number of hydrogen-bond acceptors (Lipinski definition) is 3. The Morgan fingerprint density at radius 3 is 2.73 bits per heavy atom. The third-order valence-electron chi connectivity index (χ3n) is 4.20. The number of carbonyl (C=O) groups is 1. The Morgan fingerprint density at radius 2 is 2.14 bits per heavy atom. The van der Waals surface area contributed by atoms with E-state index in [4.69, 9.17) is 0 Å². The van der Waals surface area contributed by atoms with Crippen molar-refractivity contribution < 1.29 is 4.79 Å². The van der Waals surface area contributed by atoms with E-state index in [1.165, 1.54) is 12.8 Å². The number of rotatable bonds is 5. The van der Waals surface area contributed by atoms with E-state index in [1.54, 1.807) is 0 Å². The van der Waals surface area contributed by atoms with Gasteiger partial charge < -0.3 is 10.6 Å². The van der Waals surface area contributed by atoms with Crippen LogP contribution >= 0.6 is 11.8 Å². The Hall–Kier alpha value is -1.17. The first kappa shape index (κ1) is 17.2. The molecule has 6 heteroatoms. The van der Waals surface area contributed by atoms with Gasteiger partial charge in [-0.25, -0.2) is 4.79 Å². The zero-order valence-corrected chi connectivity index (χ0v) is 15.1. The topological polar surface area (TPSA) is 59.0 Å². The number of hydrogen-bond donors (Lipinski definition) is 2. The van der Waals surface area contributed by atoms with Gasteiger partial charge in [-0.2, -0.15) is 16.9 Å². The molecule has 2 rings (SSSR count). The fourth-order valence-electron chi connectivity index (χ4n) is 3.17. The first-order valence-corrected chi connectivity index (χ1v) is 9.23. The summed E-state index contributed by atoms with van der Waals surface area (Å²) in [6.07, 6.45) is 3.48. The Kier molecular flexibility index (Phi) is 5.78. The molecule has 22 heavy (non-hydrogen) atoms. The highest BCUT2D eigenvalue weighted by Crippen LogP contribution is 2.30. The monoisotopic (exact) mass is 324 g/mol. The molecule has 0 aromatic carbocycles. The smallest absolute Gasteiger partial charge is 0.319 e. The van der Waals surface area contributed by atoms with Crippen molar-refractivity contribution in [3.8, 4) is 0 Å². The normalized spacial score (nSPS) is 21.4.